The Morgan fingerprint density at radius 1 is 1.30 bits per heavy atom. The Bertz CT molecular complexity index is 335. The average molecular weight is 286 g/mol. The van der Waals surface area contributed by atoms with E-state index in [1.807, 2.05) is 0 Å². The maximum Gasteiger partial charge on any atom is 0.326 e. The molecule has 7 heteroatoms. The molecule has 116 valence electrons. The van der Waals surface area contributed by atoms with Crippen LogP contribution in [-0.2, 0) is 4.79 Å². The predicted molar refractivity (Wildman–Crippen MR) is 76.7 cm³/mol. The summed E-state index contributed by atoms with van der Waals surface area (Å²) in [6, 6.07) is -1.33. The molecule has 1 atom stereocenters. The highest BCUT2D eigenvalue weighted by atomic mass is 16.4. The van der Waals surface area contributed by atoms with Gasteiger partial charge in [0.1, 0.15) is 6.04 Å². The second-order valence-electron chi connectivity index (χ2n) is 6.13. The van der Waals surface area contributed by atoms with Crippen molar-refractivity contribution in [3.8, 4) is 0 Å². The van der Waals surface area contributed by atoms with Crippen LogP contribution in [0.3, 0.4) is 0 Å². The number of carbonyl (C=O) groups excluding carboxylic acids is 1. The van der Waals surface area contributed by atoms with E-state index >= 15 is 0 Å². The number of hydrogen-bond acceptors (Lipinski definition) is 4. The van der Waals surface area contributed by atoms with Crippen LogP contribution < -0.4 is 16.0 Å². The van der Waals surface area contributed by atoms with Gasteiger partial charge in [0.2, 0.25) is 0 Å². The molecule has 1 rings (SSSR count). The molecule has 4 N–H and O–H groups in total. The average Bonchev–Trinajstić information content (AvgIpc) is 2.35. The van der Waals surface area contributed by atoms with E-state index < -0.39 is 23.5 Å². The molecule has 1 saturated heterocycles. The standard InChI is InChI=1S/C13H26N4O3/c1-13(2,3)10(11(18)19)16-12(20)15-6-9-17-7-4-14-5-8-17/h10,14H,4-9H2,1-3H3,(H,18,19)(H2,15,16,20). The topological polar surface area (TPSA) is 93.7 Å². The number of hydrogen-bond donors (Lipinski definition) is 4. The number of amides is 2. The summed E-state index contributed by atoms with van der Waals surface area (Å²) in [4.78, 5) is 25.1. The number of urea groups is 1. The minimum atomic E-state index is -1.02. The van der Waals surface area contributed by atoms with Crippen LogP contribution in [0.5, 0.6) is 0 Å². The number of carbonyl (C=O) groups is 2. The van der Waals surface area contributed by atoms with Crippen molar-refractivity contribution in [2.24, 2.45) is 5.41 Å². The molecule has 0 aromatic carbocycles. The quantitative estimate of drug-likeness (QED) is 0.556. The van der Waals surface area contributed by atoms with Crippen molar-refractivity contribution >= 4 is 12.0 Å². The van der Waals surface area contributed by atoms with E-state index in [1.54, 1.807) is 20.8 Å². The van der Waals surface area contributed by atoms with Crippen molar-refractivity contribution in [1.29, 1.82) is 0 Å². The SMILES string of the molecule is CC(C)(C)C(NC(=O)NCCN1CCNCC1)C(=O)O. The highest BCUT2D eigenvalue weighted by Crippen LogP contribution is 2.19. The first kappa shape index (κ1) is 16.7. The third-order valence-corrected chi connectivity index (χ3v) is 3.31. The maximum absolute atomic E-state index is 11.7. The van der Waals surface area contributed by atoms with Crippen molar-refractivity contribution in [2.45, 2.75) is 26.8 Å². The van der Waals surface area contributed by atoms with Crippen LogP contribution in [0.25, 0.3) is 0 Å². The first-order chi connectivity index (χ1) is 9.30. The lowest BCUT2D eigenvalue weighted by molar-refractivity contribution is -0.141. The second-order valence-corrected chi connectivity index (χ2v) is 6.13. The highest BCUT2D eigenvalue weighted by Gasteiger charge is 2.32. The summed E-state index contributed by atoms with van der Waals surface area (Å²) in [5.41, 5.74) is -0.526. The van der Waals surface area contributed by atoms with Gasteiger partial charge in [-0.1, -0.05) is 20.8 Å². The zero-order valence-electron chi connectivity index (χ0n) is 12.5. The molecule has 1 fully saturated rings. The van der Waals surface area contributed by atoms with E-state index in [2.05, 4.69) is 20.9 Å². The number of nitrogens with one attached hydrogen (secondary N) is 3. The Balaban J connectivity index is 2.29. The summed E-state index contributed by atoms with van der Waals surface area (Å²) >= 11 is 0. The van der Waals surface area contributed by atoms with Gasteiger partial charge in [-0.2, -0.15) is 0 Å². The Kier molecular flexibility index (Phi) is 6.22. The van der Waals surface area contributed by atoms with Gasteiger partial charge in [-0.25, -0.2) is 9.59 Å². The third kappa shape index (κ3) is 5.75. The van der Waals surface area contributed by atoms with Crippen LogP contribution >= 0.6 is 0 Å². The molecule has 1 unspecified atom stereocenters. The first-order valence-electron chi connectivity index (χ1n) is 7.01. The molecule has 20 heavy (non-hydrogen) atoms. The van der Waals surface area contributed by atoms with Gasteiger partial charge in [0, 0.05) is 39.3 Å². The Labute approximate surface area is 120 Å². The fraction of sp³-hybridized carbons (Fsp3) is 0.846. The van der Waals surface area contributed by atoms with Crippen molar-refractivity contribution in [3.05, 3.63) is 0 Å². The molecule has 1 aliphatic heterocycles. The smallest absolute Gasteiger partial charge is 0.326 e. The normalized spacial score (nSPS) is 18.4. The number of nitrogens with zero attached hydrogens (tertiary/aromatic N) is 1. The molecular weight excluding hydrogens is 260 g/mol. The lowest BCUT2D eigenvalue weighted by Gasteiger charge is -2.29. The highest BCUT2D eigenvalue weighted by molar-refractivity contribution is 5.83. The number of carboxylic acids is 1. The largest absolute Gasteiger partial charge is 0.480 e. The molecule has 1 aliphatic rings. The lowest BCUT2D eigenvalue weighted by Crippen LogP contribution is -2.53. The van der Waals surface area contributed by atoms with Crippen LogP contribution in [-0.4, -0.2) is 67.3 Å². The van der Waals surface area contributed by atoms with E-state index in [-0.39, 0.29) is 0 Å². The van der Waals surface area contributed by atoms with Gasteiger partial charge in [0.15, 0.2) is 0 Å². The number of aliphatic carboxylic acids is 1. The molecular formula is C13H26N4O3. The van der Waals surface area contributed by atoms with Gasteiger partial charge in [-0.15, -0.1) is 0 Å². The first-order valence-corrected chi connectivity index (χ1v) is 7.01. The molecule has 0 aromatic heterocycles. The molecule has 0 bridgehead atoms. The summed E-state index contributed by atoms with van der Waals surface area (Å²) in [5, 5.41) is 17.6. The van der Waals surface area contributed by atoms with Crippen LogP contribution in [0.1, 0.15) is 20.8 Å². The fourth-order valence-electron chi connectivity index (χ4n) is 2.09. The molecule has 7 nitrogen and oxygen atoms in total. The van der Waals surface area contributed by atoms with Crippen molar-refractivity contribution in [3.63, 3.8) is 0 Å². The second kappa shape index (κ2) is 7.44. The van der Waals surface area contributed by atoms with Crippen LogP contribution in [0.15, 0.2) is 0 Å². The molecule has 0 aromatic rings. The minimum Gasteiger partial charge on any atom is -0.480 e. The molecule has 2 amide bonds. The fourth-order valence-corrected chi connectivity index (χ4v) is 2.09. The van der Waals surface area contributed by atoms with E-state index in [0.29, 0.717) is 6.54 Å². The summed E-state index contributed by atoms with van der Waals surface area (Å²) in [5.74, 6) is -1.02. The lowest BCUT2D eigenvalue weighted by atomic mass is 9.87. The van der Waals surface area contributed by atoms with E-state index in [9.17, 15) is 9.59 Å². The summed E-state index contributed by atoms with van der Waals surface area (Å²) in [7, 11) is 0. The third-order valence-electron chi connectivity index (χ3n) is 3.31. The van der Waals surface area contributed by atoms with Crippen LogP contribution in [0.4, 0.5) is 4.79 Å². The predicted octanol–water partition coefficient (Wildman–Crippen LogP) is -0.310. The Morgan fingerprint density at radius 2 is 1.90 bits per heavy atom. The van der Waals surface area contributed by atoms with Gasteiger partial charge in [-0.3, -0.25) is 4.90 Å². The zero-order valence-corrected chi connectivity index (χ0v) is 12.5. The van der Waals surface area contributed by atoms with Gasteiger partial charge in [0.25, 0.3) is 0 Å². The van der Waals surface area contributed by atoms with Gasteiger partial charge in [-0.05, 0) is 5.41 Å². The molecule has 1 heterocycles. The molecule has 0 spiro atoms. The van der Waals surface area contributed by atoms with Gasteiger partial charge in [0.05, 0.1) is 0 Å². The number of piperazine rings is 1. The van der Waals surface area contributed by atoms with Crippen LogP contribution in [0.2, 0.25) is 0 Å². The monoisotopic (exact) mass is 286 g/mol. The molecule has 0 aliphatic carbocycles. The summed E-state index contributed by atoms with van der Waals surface area (Å²) in [6.07, 6.45) is 0. The zero-order chi connectivity index (χ0) is 15.2. The summed E-state index contributed by atoms with van der Waals surface area (Å²) in [6.45, 7) is 10.5. The van der Waals surface area contributed by atoms with Gasteiger partial charge < -0.3 is 21.1 Å². The Morgan fingerprint density at radius 3 is 2.40 bits per heavy atom. The Hall–Kier alpha value is -1.34. The van der Waals surface area contributed by atoms with E-state index in [1.165, 1.54) is 0 Å². The molecule has 0 radical (unpaired) electrons. The van der Waals surface area contributed by atoms with Gasteiger partial charge >= 0.3 is 12.0 Å². The molecule has 0 saturated carbocycles. The van der Waals surface area contributed by atoms with Crippen LogP contribution in [0, 0.1) is 5.41 Å². The minimum absolute atomic E-state index is 0.428. The van der Waals surface area contributed by atoms with Crippen molar-refractivity contribution in [2.75, 3.05) is 39.3 Å². The number of rotatable bonds is 5. The van der Waals surface area contributed by atoms with Crippen molar-refractivity contribution in [1.82, 2.24) is 20.9 Å². The van der Waals surface area contributed by atoms with Crippen molar-refractivity contribution < 1.29 is 14.7 Å². The van der Waals surface area contributed by atoms with E-state index in [0.717, 1.165) is 32.7 Å². The van der Waals surface area contributed by atoms with E-state index in [4.69, 9.17) is 5.11 Å². The summed E-state index contributed by atoms with van der Waals surface area (Å²) < 4.78 is 0. The maximum atomic E-state index is 11.7. The number of carboxylic acid groups (broad SMARTS) is 1.